The van der Waals surface area contributed by atoms with Crippen molar-refractivity contribution in [2.75, 3.05) is 0 Å². The first-order valence-corrected chi connectivity index (χ1v) is 7.53. The summed E-state index contributed by atoms with van der Waals surface area (Å²) in [5.74, 6) is -0.858. The first-order chi connectivity index (χ1) is 10.1. The third kappa shape index (κ3) is 3.17. The molecule has 1 aromatic rings. The Labute approximate surface area is 123 Å². The highest BCUT2D eigenvalue weighted by molar-refractivity contribution is 5.83. The fourth-order valence-corrected chi connectivity index (χ4v) is 3.06. The molecule has 0 saturated heterocycles. The second kappa shape index (κ2) is 5.76. The minimum absolute atomic E-state index is 0.0244. The van der Waals surface area contributed by atoms with Crippen molar-refractivity contribution in [2.45, 2.75) is 44.2 Å². The third-order valence-electron chi connectivity index (χ3n) is 4.32. The highest BCUT2D eigenvalue weighted by Crippen LogP contribution is 2.33. The van der Waals surface area contributed by atoms with E-state index in [1.807, 2.05) is 18.2 Å². The number of benzene rings is 1. The fraction of sp³-hybridized carbons (Fsp3) is 0.500. The number of fused-ring (bicyclic) bond motifs is 1. The van der Waals surface area contributed by atoms with Gasteiger partial charge in [0, 0.05) is 0 Å². The summed E-state index contributed by atoms with van der Waals surface area (Å²) < 4.78 is 0. The Kier molecular flexibility index (Phi) is 3.82. The van der Waals surface area contributed by atoms with Crippen LogP contribution in [0.2, 0.25) is 0 Å². The van der Waals surface area contributed by atoms with Crippen LogP contribution in [-0.4, -0.2) is 23.1 Å². The van der Waals surface area contributed by atoms with Crippen LogP contribution >= 0.6 is 0 Å². The second-order valence-corrected chi connectivity index (χ2v) is 5.91. The Hall–Kier alpha value is -2.04. The lowest BCUT2D eigenvalue weighted by molar-refractivity contribution is -0.139. The average Bonchev–Trinajstić information content (AvgIpc) is 3.29. The van der Waals surface area contributed by atoms with Gasteiger partial charge < -0.3 is 15.7 Å². The highest BCUT2D eigenvalue weighted by Gasteiger charge is 2.37. The molecular weight excluding hydrogens is 268 g/mol. The fourth-order valence-electron chi connectivity index (χ4n) is 3.06. The predicted molar refractivity (Wildman–Crippen MR) is 77.9 cm³/mol. The van der Waals surface area contributed by atoms with Gasteiger partial charge in [0.05, 0.1) is 6.04 Å². The number of carboxylic acids is 1. The smallest absolute Gasteiger partial charge is 0.326 e. The number of carbonyl (C=O) groups is 2. The number of amides is 2. The van der Waals surface area contributed by atoms with Crippen LogP contribution < -0.4 is 10.6 Å². The van der Waals surface area contributed by atoms with E-state index in [9.17, 15) is 9.59 Å². The second-order valence-electron chi connectivity index (χ2n) is 5.91. The minimum atomic E-state index is -0.948. The van der Waals surface area contributed by atoms with Gasteiger partial charge in [0.25, 0.3) is 0 Å². The van der Waals surface area contributed by atoms with E-state index in [0.717, 1.165) is 37.7 Å². The van der Waals surface area contributed by atoms with Gasteiger partial charge in [-0.25, -0.2) is 9.59 Å². The van der Waals surface area contributed by atoms with Crippen molar-refractivity contribution in [1.82, 2.24) is 10.6 Å². The number of rotatable bonds is 4. The molecule has 2 unspecified atom stereocenters. The Bertz CT molecular complexity index is 554. The third-order valence-corrected chi connectivity index (χ3v) is 4.32. The van der Waals surface area contributed by atoms with E-state index in [1.165, 1.54) is 5.56 Å². The molecule has 0 spiro atoms. The molecule has 3 rings (SSSR count). The van der Waals surface area contributed by atoms with Crippen LogP contribution in [0.1, 0.15) is 42.9 Å². The van der Waals surface area contributed by atoms with Crippen LogP contribution in [0.25, 0.3) is 0 Å². The summed E-state index contributed by atoms with van der Waals surface area (Å²) in [6.07, 6.45) is 4.72. The van der Waals surface area contributed by atoms with Crippen LogP contribution in [-0.2, 0) is 11.2 Å². The Morgan fingerprint density at radius 1 is 1.19 bits per heavy atom. The normalized spacial score (nSPS) is 22.0. The summed E-state index contributed by atoms with van der Waals surface area (Å²) in [5, 5.41) is 14.7. The summed E-state index contributed by atoms with van der Waals surface area (Å²) in [4.78, 5) is 23.2. The van der Waals surface area contributed by atoms with Crippen molar-refractivity contribution >= 4 is 12.0 Å². The van der Waals surface area contributed by atoms with Crippen molar-refractivity contribution in [1.29, 1.82) is 0 Å². The number of aryl methyl sites for hydroxylation is 1. The van der Waals surface area contributed by atoms with Gasteiger partial charge in [-0.15, -0.1) is 0 Å². The van der Waals surface area contributed by atoms with Gasteiger partial charge in [0.15, 0.2) is 0 Å². The molecule has 2 aliphatic carbocycles. The molecule has 112 valence electrons. The van der Waals surface area contributed by atoms with Crippen molar-refractivity contribution in [3.63, 3.8) is 0 Å². The summed E-state index contributed by atoms with van der Waals surface area (Å²) in [6, 6.07) is 6.94. The summed E-state index contributed by atoms with van der Waals surface area (Å²) in [7, 11) is 0. The SMILES string of the molecule is O=C(NC1CCCc2ccccc21)NC(C(=O)O)C1CC1. The van der Waals surface area contributed by atoms with E-state index in [4.69, 9.17) is 5.11 Å². The average molecular weight is 288 g/mol. The molecule has 2 amide bonds. The van der Waals surface area contributed by atoms with E-state index in [0.29, 0.717) is 0 Å². The van der Waals surface area contributed by atoms with Gasteiger partial charge in [-0.3, -0.25) is 0 Å². The zero-order valence-electron chi connectivity index (χ0n) is 11.8. The maximum atomic E-state index is 12.1. The van der Waals surface area contributed by atoms with Crippen LogP contribution in [0.4, 0.5) is 4.79 Å². The molecule has 5 heteroatoms. The van der Waals surface area contributed by atoms with Gasteiger partial charge in [-0.05, 0) is 49.1 Å². The van der Waals surface area contributed by atoms with E-state index in [1.54, 1.807) is 0 Å². The zero-order valence-corrected chi connectivity index (χ0v) is 11.8. The van der Waals surface area contributed by atoms with Crippen molar-refractivity contribution in [2.24, 2.45) is 5.92 Å². The maximum absolute atomic E-state index is 12.1. The monoisotopic (exact) mass is 288 g/mol. The molecule has 5 nitrogen and oxygen atoms in total. The molecule has 0 aromatic heterocycles. The van der Waals surface area contributed by atoms with Gasteiger partial charge in [0.1, 0.15) is 6.04 Å². The lowest BCUT2D eigenvalue weighted by Crippen LogP contribution is -2.48. The van der Waals surface area contributed by atoms with Crippen LogP contribution in [0.3, 0.4) is 0 Å². The molecule has 0 aliphatic heterocycles. The first-order valence-electron chi connectivity index (χ1n) is 7.53. The number of aliphatic carboxylic acids is 1. The number of nitrogens with one attached hydrogen (secondary N) is 2. The quantitative estimate of drug-likeness (QED) is 0.795. The van der Waals surface area contributed by atoms with Crippen LogP contribution in [0.5, 0.6) is 0 Å². The number of carbonyl (C=O) groups excluding carboxylic acids is 1. The molecule has 21 heavy (non-hydrogen) atoms. The Balaban J connectivity index is 1.64. The van der Waals surface area contributed by atoms with Gasteiger partial charge in [-0.2, -0.15) is 0 Å². The Morgan fingerprint density at radius 3 is 2.67 bits per heavy atom. The van der Waals surface area contributed by atoms with E-state index >= 15 is 0 Å². The molecule has 1 fully saturated rings. The Morgan fingerprint density at radius 2 is 1.95 bits per heavy atom. The van der Waals surface area contributed by atoms with Gasteiger partial charge >= 0.3 is 12.0 Å². The summed E-state index contributed by atoms with van der Waals surface area (Å²) >= 11 is 0. The topological polar surface area (TPSA) is 78.4 Å². The van der Waals surface area contributed by atoms with Crippen molar-refractivity contribution in [3.8, 4) is 0 Å². The van der Waals surface area contributed by atoms with Crippen molar-refractivity contribution < 1.29 is 14.7 Å². The highest BCUT2D eigenvalue weighted by atomic mass is 16.4. The molecule has 1 aromatic carbocycles. The molecule has 1 saturated carbocycles. The van der Waals surface area contributed by atoms with E-state index in [2.05, 4.69) is 16.7 Å². The number of carboxylic acid groups (broad SMARTS) is 1. The number of urea groups is 1. The molecular formula is C16H20N2O3. The summed E-state index contributed by atoms with van der Waals surface area (Å²) in [5.41, 5.74) is 2.42. The molecule has 0 bridgehead atoms. The lowest BCUT2D eigenvalue weighted by atomic mass is 9.88. The molecule has 3 N–H and O–H groups in total. The van der Waals surface area contributed by atoms with Gasteiger partial charge in [-0.1, -0.05) is 24.3 Å². The van der Waals surface area contributed by atoms with Crippen LogP contribution in [0, 0.1) is 5.92 Å². The minimum Gasteiger partial charge on any atom is -0.480 e. The molecule has 0 heterocycles. The van der Waals surface area contributed by atoms with Crippen molar-refractivity contribution in [3.05, 3.63) is 35.4 Å². The largest absolute Gasteiger partial charge is 0.480 e. The lowest BCUT2D eigenvalue weighted by Gasteiger charge is -2.27. The zero-order chi connectivity index (χ0) is 14.8. The summed E-state index contributed by atoms with van der Waals surface area (Å²) in [6.45, 7) is 0. The van der Waals surface area contributed by atoms with Gasteiger partial charge in [0.2, 0.25) is 0 Å². The number of hydrogen-bond donors (Lipinski definition) is 3. The predicted octanol–water partition coefficient (Wildman–Crippen LogP) is 2.23. The molecule has 2 atom stereocenters. The number of hydrogen-bond acceptors (Lipinski definition) is 2. The van der Waals surface area contributed by atoms with E-state index < -0.39 is 12.0 Å². The standard InChI is InChI=1S/C16H20N2O3/c19-15(20)14(11-8-9-11)18-16(21)17-13-7-3-5-10-4-1-2-6-12(10)13/h1-2,4,6,11,13-14H,3,5,7-9H2,(H,19,20)(H2,17,18,21). The van der Waals surface area contributed by atoms with Crippen LogP contribution in [0.15, 0.2) is 24.3 Å². The molecule has 0 radical (unpaired) electrons. The molecule has 2 aliphatic rings. The first kappa shape index (κ1) is 13.9. The maximum Gasteiger partial charge on any atom is 0.326 e. The van der Waals surface area contributed by atoms with E-state index in [-0.39, 0.29) is 18.0 Å².